The fourth-order valence-corrected chi connectivity index (χ4v) is 7.33. The molecule has 1 fully saturated rings. The first-order chi connectivity index (χ1) is 31.4. The molecule has 1 rings (SSSR count). The van der Waals surface area contributed by atoms with Crippen molar-refractivity contribution in [1.29, 1.82) is 0 Å². The third-order valence-corrected chi connectivity index (χ3v) is 11.1. The van der Waals surface area contributed by atoms with E-state index < -0.39 is 75.7 Å². The molecular formula is C51H81O13P. The molecule has 13 nitrogen and oxygen atoms in total. The largest absolute Gasteiger partial charge is 0.472 e. The van der Waals surface area contributed by atoms with Gasteiger partial charge in [0.15, 0.2) is 6.10 Å². The fourth-order valence-electron chi connectivity index (χ4n) is 6.36. The molecule has 0 aromatic rings. The van der Waals surface area contributed by atoms with Gasteiger partial charge in [-0.05, 0) is 96.3 Å². The van der Waals surface area contributed by atoms with E-state index in [4.69, 9.17) is 18.5 Å². The number of carbonyl (C=O) groups excluding carboxylic acids is 2. The number of phosphoric ester groups is 1. The normalized spacial score (nSPS) is 22.4. The number of aliphatic hydroxyl groups excluding tert-OH is 5. The van der Waals surface area contributed by atoms with E-state index >= 15 is 0 Å². The fraction of sp³-hybridized carbons (Fsp3) is 0.608. The monoisotopic (exact) mass is 933 g/mol. The lowest BCUT2D eigenvalue weighted by molar-refractivity contribution is -0.220. The summed E-state index contributed by atoms with van der Waals surface area (Å²) in [6, 6.07) is 0. The molecule has 6 atom stereocenters. The highest BCUT2D eigenvalue weighted by atomic mass is 31.2. The molecule has 0 radical (unpaired) electrons. The molecule has 65 heavy (non-hydrogen) atoms. The van der Waals surface area contributed by atoms with Crippen molar-refractivity contribution in [2.75, 3.05) is 13.2 Å². The molecule has 0 saturated heterocycles. The van der Waals surface area contributed by atoms with Crippen LogP contribution in [0.1, 0.15) is 142 Å². The molecule has 0 aliphatic heterocycles. The molecule has 1 aliphatic carbocycles. The Balaban J connectivity index is 2.50. The molecule has 1 aliphatic rings. The molecule has 14 heteroatoms. The Morgan fingerprint density at radius 3 is 1.26 bits per heavy atom. The molecule has 1 saturated carbocycles. The predicted molar refractivity (Wildman–Crippen MR) is 257 cm³/mol. The Labute approximate surface area is 389 Å². The van der Waals surface area contributed by atoms with Crippen LogP contribution in [0.2, 0.25) is 0 Å². The molecule has 0 spiro atoms. The second-order valence-corrected chi connectivity index (χ2v) is 17.2. The highest BCUT2D eigenvalue weighted by Crippen LogP contribution is 2.47. The van der Waals surface area contributed by atoms with Gasteiger partial charge in [-0.15, -0.1) is 0 Å². The van der Waals surface area contributed by atoms with Crippen LogP contribution in [0.4, 0.5) is 0 Å². The zero-order valence-corrected chi connectivity index (χ0v) is 39.9. The lowest BCUT2D eigenvalue weighted by Gasteiger charge is -2.41. The van der Waals surface area contributed by atoms with E-state index in [0.29, 0.717) is 12.8 Å². The zero-order valence-electron chi connectivity index (χ0n) is 39.0. The molecule has 0 aromatic heterocycles. The lowest BCUT2D eigenvalue weighted by atomic mass is 9.85. The van der Waals surface area contributed by atoms with Crippen LogP contribution in [0.3, 0.4) is 0 Å². The SMILES string of the molecule is CC/C=C\C/C=C\C/C=C\C/C=C\C/C=C\CCCCCC(=O)OC(COC(=O)CCCCCC/C=C\C/C=C\C/C=C\C/C=C\CC)COP(=O)(O)OC1C(O)C(O)C(O)C(O)C1O. The van der Waals surface area contributed by atoms with Crippen LogP contribution in [0, 0.1) is 0 Å². The Morgan fingerprint density at radius 1 is 0.477 bits per heavy atom. The summed E-state index contributed by atoms with van der Waals surface area (Å²) in [6.45, 7) is 3.01. The van der Waals surface area contributed by atoms with E-state index in [2.05, 4.69) is 123 Å². The van der Waals surface area contributed by atoms with Crippen LogP contribution < -0.4 is 0 Å². The van der Waals surface area contributed by atoms with E-state index in [1.54, 1.807) is 0 Å². The maximum atomic E-state index is 12.8. The number of allylic oxidation sites excluding steroid dienone is 18. The summed E-state index contributed by atoms with van der Waals surface area (Å²) in [5.74, 6) is -1.18. The summed E-state index contributed by atoms with van der Waals surface area (Å²) in [6.07, 6.45) is 41.3. The number of hydrogen-bond donors (Lipinski definition) is 6. The van der Waals surface area contributed by atoms with Crippen LogP contribution in [-0.2, 0) is 32.7 Å². The van der Waals surface area contributed by atoms with Gasteiger partial charge in [-0.3, -0.25) is 18.6 Å². The summed E-state index contributed by atoms with van der Waals surface area (Å²) < 4.78 is 33.5. The number of carbonyl (C=O) groups is 2. The summed E-state index contributed by atoms with van der Waals surface area (Å²) >= 11 is 0. The lowest BCUT2D eigenvalue weighted by Crippen LogP contribution is -2.64. The minimum Gasteiger partial charge on any atom is -0.462 e. The molecule has 0 bridgehead atoms. The van der Waals surface area contributed by atoms with Gasteiger partial charge in [0, 0.05) is 12.8 Å². The van der Waals surface area contributed by atoms with Gasteiger partial charge in [-0.2, -0.15) is 0 Å². The number of ether oxygens (including phenoxy) is 2. The maximum absolute atomic E-state index is 12.8. The van der Waals surface area contributed by atoms with Crippen LogP contribution >= 0.6 is 7.82 Å². The summed E-state index contributed by atoms with van der Waals surface area (Å²) in [7, 11) is -5.14. The van der Waals surface area contributed by atoms with Gasteiger partial charge < -0.3 is 39.9 Å². The van der Waals surface area contributed by atoms with Crippen LogP contribution in [0.15, 0.2) is 109 Å². The van der Waals surface area contributed by atoms with E-state index in [1.165, 1.54) is 0 Å². The van der Waals surface area contributed by atoms with E-state index in [1.807, 2.05) is 0 Å². The second-order valence-electron chi connectivity index (χ2n) is 15.8. The van der Waals surface area contributed by atoms with Crippen molar-refractivity contribution in [2.45, 2.75) is 185 Å². The Morgan fingerprint density at radius 2 is 0.831 bits per heavy atom. The van der Waals surface area contributed by atoms with Crippen molar-refractivity contribution in [1.82, 2.24) is 0 Å². The van der Waals surface area contributed by atoms with Crippen molar-refractivity contribution in [3.63, 3.8) is 0 Å². The number of unbranched alkanes of at least 4 members (excludes halogenated alkanes) is 7. The van der Waals surface area contributed by atoms with E-state index in [0.717, 1.165) is 103 Å². The Kier molecular flexibility index (Phi) is 36.3. The van der Waals surface area contributed by atoms with Gasteiger partial charge >= 0.3 is 19.8 Å². The number of hydrogen-bond acceptors (Lipinski definition) is 12. The average Bonchev–Trinajstić information content (AvgIpc) is 3.29. The third kappa shape index (κ3) is 32.0. The van der Waals surface area contributed by atoms with Crippen molar-refractivity contribution < 1.29 is 63.1 Å². The number of rotatable bonds is 37. The Bertz CT molecular complexity index is 1550. The average molecular weight is 933 g/mol. The van der Waals surface area contributed by atoms with E-state index in [-0.39, 0.29) is 12.8 Å². The highest BCUT2D eigenvalue weighted by Gasteiger charge is 2.51. The molecular weight excluding hydrogens is 852 g/mol. The first-order valence-corrected chi connectivity index (χ1v) is 25.2. The summed E-state index contributed by atoms with van der Waals surface area (Å²) in [5, 5.41) is 50.2. The molecule has 368 valence electrons. The quantitative estimate of drug-likeness (QED) is 0.0149. The molecule has 0 amide bonds. The van der Waals surface area contributed by atoms with Crippen molar-refractivity contribution >= 4 is 19.8 Å². The van der Waals surface area contributed by atoms with Crippen LogP contribution in [0.5, 0.6) is 0 Å². The Hall–Kier alpha value is -3.49. The minimum atomic E-state index is -5.14. The van der Waals surface area contributed by atoms with Crippen LogP contribution in [-0.4, -0.2) is 98.3 Å². The van der Waals surface area contributed by atoms with Gasteiger partial charge in [0.25, 0.3) is 0 Å². The molecule has 0 heterocycles. The topological polar surface area (TPSA) is 210 Å². The van der Waals surface area contributed by atoms with Gasteiger partial charge in [-0.25, -0.2) is 4.57 Å². The molecule has 6 N–H and O–H groups in total. The first-order valence-electron chi connectivity index (χ1n) is 23.7. The highest BCUT2D eigenvalue weighted by molar-refractivity contribution is 7.47. The van der Waals surface area contributed by atoms with E-state index in [9.17, 15) is 44.6 Å². The van der Waals surface area contributed by atoms with Gasteiger partial charge in [0.05, 0.1) is 6.61 Å². The zero-order chi connectivity index (χ0) is 47.8. The standard InChI is InChI=1S/C51H81O13P/c1-3-5-7-9-11-13-15-17-19-21-22-24-26-28-30-32-34-36-38-40-45(53)63-43(42-62-65(59,60)64-51-49(57)47(55)46(54)48(56)50(51)58)41-61-44(52)39-37-35-33-31-29-27-25-23-20-18-16-14-12-10-8-6-4-2/h5-8,11-14,17-20,22,24-25,27-28,30,43,46-51,54-58H,3-4,9-10,15-16,21,23,26,29,31-42H2,1-2H3,(H,59,60)/b7-5-,8-6-,13-11-,14-12-,19-17-,20-18-,24-22-,27-25-,30-28-. The van der Waals surface area contributed by atoms with Crippen molar-refractivity contribution in [2.24, 2.45) is 0 Å². The maximum Gasteiger partial charge on any atom is 0.472 e. The number of aliphatic hydroxyl groups is 5. The van der Waals surface area contributed by atoms with Crippen LogP contribution in [0.25, 0.3) is 0 Å². The summed E-state index contributed by atoms with van der Waals surface area (Å²) in [5.41, 5.74) is 0. The molecule has 6 unspecified atom stereocenters. The van der Waals surface area contributed by atoms with Gasteiger partial charge in [0.2, 0.25) is 0 Å². The van der Waals surface area contributed by atoms with Crippen molar-refractivity contribution in [3.05, 3.63) is 109 Å². The predicted octanol–water partition coefficient (Wildman–Crippen LogP) is 9.61. The van der Waals surface area contributed by atoms with Gasteiger partial charge in [-0.1, -0.05) is 142 Å². The van der Waals surface area contributed by atoms with Gasteiger partial charge in [0.1, 0.15) is 43.2 Å². The second kappa shape index (κ2) is 39.7. The molecule has 0 aromatic carbocycles. The third-order valence-electron chi connectivity index (χ3n) is 10.1. The van der Waals surface area contributed by atoms with Crippen molar-refractivity contribution in [3.8, 4) is 0 Å². The number of phosphoric acid groups is 1. The summed E-state index contributed by atoms with van der Waals surface area (Å²) in [4.78, 5) is 35.8. The number of esters is 2. The first kappa shape index (κ1) is 59.5. The smallest absolute Gasteiger partial charge is 0.462 e. The minimum absolute atomic E-state index is 0.0445.